The monoisotopic (exact) mass is 375 g/mol. The highest BCUT2D eigenvalue weighted by atomic mass is 19.1. The third-order valence-corrected chi connectivity index (χ3v) is 5.27. The van der Waals surface area contributed by atoms with Crippen molar-refractivity contribution in [3.63, 3.8) is 0 Å². The minimum atomic E-state index is -0.318. The summed E-state index contributed by atoms with van der Waals surface area (Å²) in [7, 11) is 0. The predicted molar refractivity (Wildman–Crippen MR) is 98.2 cm³/mol. The summed E-state index contributed by atoms with van der Waals surface area (Å²) in [5.41, 5.74) is 0.778. The van der Waals surface area contributed by atoms with Gasteiger partial charge in [0.2, 0.25) is 17.7 Å². The van der Waals surface area contributed by atoms with Gasteiger partial charge in [-0.15, -0.1) is 0 Å². The van der Waals surface area contributed by atoms with Crippen LogP contribution in [0.1, 0.15) is 25.3 Å². The normalized spacial score (nSPS) is 20.3. The lowest BCUT2D eigenvalue weighted by Crippen LogP contribution is -2.52. The van der Waals surface area contributed by atoms with Crippen molar-refractivity contribution in [3.05, 3.63) is 35.6 Å². The largest absolute Gasteiger partial charge is 0.342 e. The van der Waals surface area contributed by atoms with Crippen LogP contribution in [0, 0.1) is 11.7 Å². The molecule has 1 aromatic carbocycles. The first-order valence-electron chi connectivity index (χ1n) is 9.56. The molecule has 0 spiro atoms. The molecule has 2 aliphatic heterocycles. The van der Waals surface area contributed by atoms with E-state index in [9.17, 15) is 18.8 Å². The Hall–Kier alpha value is -2.44. The number of amides is 3. The number of nitrogens with zero attached hydrogens (tertiary/aromatic N) is 3. The Bertz CT molecular complexity index is 699. The number of carbonyl (C=O) groups excluding carboxylic acids is 3. The van der Waals surface area contributed by atoms with Crippen LogP contribution in [0.3, 0.4) is 0 Å². The summed E-state index contributed by atoms with van der Waals surface area (Å²) in [4.78, 5) is 42.4. The summed E-state index contributed by atoms with van der Waals surface area (Å²) in [6, 6.07) is 5.94. The van der Waals surface area contributed by atoms with Gasteiger partial charge in [0.15, 0.2) is 0 Å². The number of piperazine rings is 1. The number of benzene rings is 1. The van der Waals surface area contributed by atoms with Crippen LogP contribution < -0.4 is 0 Å². The van der Waals surface area contributed by atoms with Crippen LogP contribution in [0.4, 0.5) is 4.39 Å². The highest BCUT2D eigenvalue weighted by molar-refractivity contribution is 5.89. The van der Waals surface area contributed by atoms with Crippen LogP contribution in [0.2, 0.25) is 0 Å². The number of rotatable bonds is 5. The molecule has 0 saturated carbocycles. The predicted octanol–water partition coefficient (Wildman–Crippen LogP) is 1.30. The van der Waals surface area contributed by atoms with E-state index in [0.717, 1.165) is 12.0 Å². The SMILES string of the molecule is CCCN1CC(C(=O)N2CCN(C(=O)Cc3ccc(F)cc3)CC2)CC1=O. The molecule has 0 radical (unpaired) electrons. The van der Waals surface area contributed by atoms with Gasteiger partial charge >= 0.3 is 0 Å². The van der Waals surface area contributed by atoms with E-state index < -0.39 is 0 Å². The molecule has 146 valence electrons. The van der Waals surface area contributed by atoms with E-state index >= 15 is 0 Å². The van der Waals surface area contributed by atoms with Crippen molar-refractivity contribution in [3.8, 4) is 0 Å². The fourth-order valence-electron chi connectivity index (χ4n) is 3.75. The van der Waals surface area contributed by atoms with Crippen LogP contribution in [0.15, 0.2) is 24.3 Å². The number of halogens is 1. The average molecular weight is 375 g/mol. The van der Waals surface area contributed by atoms with Gasteiger partial charge in [-0.2, -0.15) is 0 Å². The van der Waals surface area contributed by atoms with Crippen molar-refractivity contribution in [1.29, 1.82) is 0 Å². The second-order valence-electron chi connectivity index (χ2n) is 7.25. The molecule has 3 rings (SSSR count). The lowest BCUT2D eigenvalue weighted by atomic mass is 10.1. The number of hydrogen-bond donors (Lipinski definition) is 0. The molecular formula is C20H26FN3O3. The Balaban J connectivity index is 1.48. The molecule has 2 saturated heterocycles. The summed E-state index contributed by atoms with van der Waals surface area (Å²) < 4.78 is 13.0. The van der Waals surface area contributed by atoms with Gasteiger partial charge < -0.3 is 14.7 Å². The first kappa shape index (κ1) is 19.3. The van der Waals surface area contributed by atoms with Gasteiger partial charge in [0.1, 0.15) is 5.82 Å². The van der Waals surface area contributed by atoms with Gasteiger partial charge in [-0.05, 0) is 24.1 Å². The zero-order chi connectivity index (χ0) is 19.4. The smallest absolute Gasteiger partial charge is 0.228 e. The zero-order valence-corrected chi connectivity index (χ0v) is 15.7. The maximum atomic E-state index is 13.0. The van der Waals surface area contributed by atoms with E-state index in [1.165, 1.54) is 12.1 Å². The van der Waals surface area contributed by atoms with Crippen LogP contribution in [-0.4, -0.2) is 71.7 Å². The summed E-state index contributed by atoms with van der Waals surface area (Å²) in [5.74, 6) is -0.512. The van der Waals surface area contributed by atoms with Gasteiger partial charge in [-0.3, -0.25) is 14.4 Å². The Morgan fingerprint density at radius 2 is 1.70 bits per heavy atom. The van der Waals surface area contributed by atoms with E-state index in [0.29, 0.717) is 45.7 Å². The van der Waals surface area contributed by atoms with Crippen molar-refractivity contribution in [2.45, 2.75) is 26.2 Å². The lowest BCUT2D eigenvalue weighted by Gasteiger charge is -2.36. The number of carbonyl (C=O) groups is 3. The second kappa shape index (κ2) is 8.50. The molecule has 1 aromatic rings. The topological polar surface area (TPSA) is 60.9 Å². The Labute approximate surface area is 158 Å². The lowest BCUT2D eigenvalue weighted by molar-refractivity contribution is -0.141. The van der Waals surface area contributed by atoms with E-state index in [-0.39, 0.29) is 35.9 Å². The molecule has 0 N–H and O–H groups in total. The fourth-order valence-corrected chi connectivity index (χ4v) is 3.75. The maximum absolute atomic E-state index is 13.0. The van der Waals surface area contributed by atoms with Gasteiger partial charge in [-0.1, -0.05) is 19.1 Å². The second-order valence-corrected chi connectivity index (χ2v) is 7.25. The third-order valence-electron chi connectivity index (χ3n) is 5.27. The average Bonchev–Trinajstić information content (AvgIpc) is 3.04. The minimum Gasteiger partial charge on any atom is -0.342 e. The molecule has 1 atom stereocenters. The van der Waals surface area contributed by atoms with E-state index in [2.05, 4.69) is 0 Å². The molecule has 2 heterocycles. The quantitative estimate of drug-likeness (QED) is 0.779. The van der Waals surface area contributed by atoms with Crippen molar-refractivity contribution in [1.82, 2.24) is 14.7 Å². The van der Waals surface area contributed by atoms with Crippen LogP contribution in [-0.2, 0) is 20.8 Å². The molecular weight excluding hydrogens is 349 g/mol. The van der Waals surface area contributed by atoms with E-state index in [1.807, 2.05) is 6.92 Å². The third kappa shape index (κ3) is 4.64. The van der Waals surface area contributed by atoms with E-state index in [4.69, 9.17) is 0 Å². The Morgan fingerprint density at radius 1 is 1.07 bits per heavy atom. The van der Waals surface area contributed by atoms with Crippen molar-refractivity contribution >= 4 is 17.7 Å². The van der Waals surface area contributed by atoms with Crippen molar-refractivity contribution in [2.24, 2.45) is 5.92 Å². The fraction of sp³-hybridized carbons (Fsp3) is 0.550. The van der Waals surface area contributed by atoms with Crippen LogP contribution >= 0.6 is 0 Å². The molecule has 2 fully saturated rings. The first-order valence-corrected chi connectivity index (χ1v) is 9.56. The summed E-state index contributed by atoms with van der Waals surface area (Å²) in [6.45, 7) is 5.20. The molecule has 0 aliphatic carbocycles. The highest BCUT2D eigenvalue weighted by Crippen LogP contribution is 2.21. The maximum Gasteiger partial charge on any atom is 0.228 e. The van der Waals surface area contributed by atoms with Gasteiger partial charge in [0.25, 0.3) is 0 Å². The molecule has 2 aliphatic rings. The van der Waals surface area contributed by atoms with Crippen molar-refractivity contribution in [2.75, 3.05) is 39.3 Å². The Morgan fingerprint density at radius 3 is 2.33 bits per heavy atom. The number of hydrogen-bond acceptors (Lipinski definition) is 3. The molecule has 27 heavy (non-hydrogen) atoms. The molecule has 6 nitrogen and oxygen atoms in total. The van der Waals surface area contributed by atoms with Gasteiger partial charge in [-0.25, -0.2) is 4.39 Å². The molecule has 0 aromatic heterocycles. The molecule has 3 amide bonds. The minimum absolute atomic E-state index is 0.0149. The summed E-state index contributed by atoms with van der Waals surface area (Å²) >= 11 is 0. The van der Waals surface area contributed by atoms with Crippen LogP contribution in [0.25, 0.3) is 0 Å². The van der Waals surface area contributed by atoms with Crippen LogP contribution in [0.5, 0.6) is 0 Å². The van der Waals surface area contributed by atoms with Crippen molar-refractivity contribution < 1.29 is 18.8 Å². The molecule has 7 heteroatoms. The number of likely N-dealkylation sites (tertiary alicyclic amines) is 1. The van der Waals surface area contributed by atoms with Gasteiger partial charge in [0.05, 0.1) is 12.3 Å². The first-order chi connectivity index (χ1) is 13.0. The summed E-state index contributed by atoms with van der Waals surface area (Å²) in [5, 5.41) is 0. The van der Waals surface area contributed by atoms with Gasteiger partial charge in [0, 0.05) is 45.7 Å². The van der Waals surface area contributed by atoms with E-state index in [1.54, 1.807) is 26.8 Å². The highest BCUT2D eigenvalue weighted by Gasteiger charge is 2.37. The summed E-state index contributed by atoms with van der Waals surface area (Å²) in [6.07, 6.45) is 1.42. The molecule has 0 bridgehead atoms. The standard InChI is InChI=1S/C20H26FN3O3/c1-2-7-24-14-16(13-19(24)26)20(27)23-10-8-22(9-11-23)18(25)12-15-3-5-17(21)6-4-15/h3-6,16H,2,7-14H2,1H3. The molecule has 1 unspecified atom stereocenters. The Kier molecular flexibility index (Phi) is 6.08. The zero-order valence-electron chi connectivity index (χ0n) is 15.7.